The van der Waals surface area contributed by atoms with Crippen molar-refractivity contribution in [3.05, 3.63) is 60.8 Å². The van der Waals surface area contributed by atoms with E-state index in [-0.39, 0.29) is 38.6 Å². The minimum atomic E-state index is -4.39. The summed E-state index contributed by atoms with van der Waals surface area (Å²) in [5, 5.41) is 0. The standard InChI is InChI=1S/C49H88NO8P/c1-3-5-7-9-11-13-15-17-19-21-22-23-24-26-27-29-31-33-35-37-39-41-48(51)55-45-47(46-57-59(53,54)56-44-43-50)58-49(52)42-40-38-36-34-32-30-28-25-20-18-16-14-12-10-8-6-4-2/h6,8,12,14,17-20,28,30,47H,3-5,7,9-11,13,15-16,21-27,29,31-46,50H2,1-2H3,(H,53,54). The molecule has 0 aliphatic rings. The van der Waals surface area contributed by atoms with Gasteiger partial charge >= 0.3 is 19.8 Å². The molecule has 0 radical (unpaired) electrons. The molecule has 0 spiro atoms. The fourth-order valence-corrected chi connectivity index (χ4v) is 7.15. The Morgan fingerprint density at radius 1 is 0.525 bits per heavy atom. The Bertz CT molecular complexity index is 1150. The van der Waals surface area contributed by atoms with Gasteiger partial charge in [-0.2, -0.15) is 0 Å². The summed E-state index contributed by atoms with van der Waals surface area (Å²) in [6.45, 7) is 3.59. The summed E-state index contributed by atoms with van der Waals surface area (Å²) in [7, 11) is -4.39. The van der Waals surface area contributed by atoms with Crippen LogP contribution in [0.5, 0.6) is 0 Å². The van der Waals surface area contributed by atoms with Crippen LogP contribution in [-0.2, 0) is 32.7 Å². The van der Waals surface area contributed by atoms with E-state index in [1.807, 2.05) is 0 Å². The Hall–Kier alpha value is -2.29. The topological polar surface area (TPSA) is 134 Å². The van der Waals surface area contributed by atoms with Gasteiger partial charge in [0.15, 0.2) is 6.10 Å². The molecule has 3 N–H and O–H groups in total. The molecule has 0 aromatic carbocycles. The Morgan fingerprint density at radius 2 is 0.932 bits per heavy atom. The van der Waals surface area contributed by atoms with E-state index in [9.17, 15) is 19.0 Å². The summed E-state index contributed by atoms with van der Waals surface area (Å²) in [5.41, 5.74) is 5.36. The van der Waals surface area contributed by atoms with Crippen LogP contribution < -0.4 is 5.73 Å². The van der Waals surface area contributed by atoms with Gasteiger partial charge in [-0.15, -0.1) is 0 Å². The first-order valence-electron chi connectivity index (χ1n) is 23.8. The van der Waals surface area contributed by atoms with Gasteiger partial charge in [0.25, 0.3) is 0 Å². The highest BCUT2D eigenvalue weighted by Gasteiger charge is 2.26. The van der Waals surface area contributed by atoms with Crippen molar-refractivity contribution in [3.8, 4) is 0 Å². The first-order chi connectivity index (χ1) is 28.8. The minimum Gasteiger partial charge on any atom is -0.462 e. The lowest BCUT2D eigenvalue weighted by Crippen LogP contribution is -2.29. The highest BCUT2D eigenvalue weighted by molar-refractivity contribution is 7.47. The molecule has 0 bridgehead atoms. The van der Waals surface area contributed by atoms with Crippen molar-refractivity contribution in [1.82, 2.24) is 0 Å². The number of rotatable bonds is 44. The Kier molecular flexibility index (Phi) is 43.5. The van der Waals surface area contributed by atoms with Crippen LogP contribution in [0.15, 0.2) is 60.8 Å². The number of carbonyl (C=O) groups excluding carboxylic acids is 2. The number of nitrogens with two attached hydrogens (primary N) is 1. The molecule has 0 rings (SSSR count). The van der Waals surface area contributed by atoms with E-state index < -0.39 is 26.5 Å². The number of hydrogen-bond donors (Lipinski definition) is 2. The zero-order valence-corrected chi connectivity index (χ0v) is 38.6. The maximum absolute atomic E-state index is 12.6. The van der Waals surface area contributed by atoms with Gasteiger partial charge in [0.2, 0.25) is 0 Å². The van der Waals surface area contributed by atoms with Gasteiger partial charge < -0.3 is 20.1 Å². The predicted molar refractivity (Wildman–Crippen MR) is 247 cm³/mol. The number of esters is 2. The van der Waals surface area contributed by atoms with E-state index in [1.165, 1.54) is 103 Å². The highest BCUT2D eigenvalue weighted by atomic mass is 31.2. The number of hydrogen-bond acceptors (Lipinski definition) is 8. The maximum Gasteiger partial charge on any atom is 0.472 e. The number of phosphoric acid groups is 1. The van der Waals surface area contributed by atoms with Crippen molar-refractivity contribution in [2.45, 2.75) is 213 Å². The normalized spacial score (nSPS) is 13.8. The Balaban J connectivity index is 4.11. The fourth-order valence-electron chi connectivity index (χ4n) is 6.39. The van der Waals surface area contributed by atoms with Crippen LogP contribution in [0, 0.1) is 0 Å². The summed E-state index contributed by atoms with van der Waals surface area (Å²) in [6.07, 6.45) is 54.0. The molecule has 9 nitrogen and oxygen atoms in total. The van der Waals surface area contributed by atoms with Crippen molar-refractivity contribution in [3.63, 3.8) is 0 Å². The minimum absolute atomic E-state index is 0.0469. The van der Waals surface area contributed by atoms with Crippen LogP contribution in [0.1, 0.15) is 206 Å². The van der Waals surface area contributed by atoms with Gasteiger partial charge in [-0.3, -0.25) is 18.6 Å². The molecule has 2 atom stereocenters. The van der Waals surface area contributed by atoms with Crippen molar-refractivity contribution < 1.29 is 37.6 Å². The quantitative estimate of drug-likeness (QED) is 0.0266. The summed E-state index contributed by atoms with van der Waals surface area (Å²) >= 11 is 0. The molecular formula is C49H88NO8P. The van der Waals surface area contributed by atoms with E-state index in [2.05, 4.69) is 74.6 Å². The van der Waals surface area contributed by atoms with Crippen molar-refractivity contribution in [1.29, 1.82) is 0 Å². The van der Waals surface area contributed by atoms with Crippen LogP contribution in [0.3, 0.4) is 0 Å². The number of carbonyl (C=O) groups is 2. The van der Waals surface area contributed by atoms with Crippen LogP contribution >= 0.6 is 7.82 Å². The van der Waals surface area contributed by atoms with E-state index in [4.69, 9.17) is 24.3 Å². The maximum atomic E-state index is 12.6. The van der Waals surface area contributed by atoms with Gasteiger partial charge in [-0.1, -0.05) is 177 Å². The monoisotopic (exact) mass is 850 g/mol. The molecule has 0 aliphatic heterocycles. The summed E-state index contributed by atoms with van der Waals surface area (Å²) in [5.74, 6) is -0.856. The average molecular weight is 850 g/mol. The molecule has 0 fully saturated rings. The second kappa shape index (κ2) is 45.2. The van der Waals surface area contributed by atoms with Crippen LogP contribution in [0.25, 0.3) is 0 Å². The zero-order valence-electron chi connectivity index (χ0n) is 37.7. The van der Waals surface area contributed by atoms with Crippen molar-refractivity contribution in [2.75, 3.05) is 26.4 Å². The van der Waals surface area contributed by atoms with E-state index in [0.29, 0.717) is 6.42 Å². The molecule has 0 amide bonds. The van der Waals surface area contributed by atoms with Gasteiger partial charge in [-0.25, -0.2) is 4.57 Å². The van der Waals surface area contributed by atoms with Crippen LogP contribution in [-0.4, -0.2) is 49.3 Å². The average Bonchev–Trinajstić information content (AvgIpc) is 3.22. The van der Waals surface area contributed by atoms with Gasteiger partial charge in [0.05, 0.1) is 13.2 Å². The largest absolute Gasteiger partial charge is 0.472 e. The molecule has 0 aliphatic carbocycles. The second-order valence-corrected chi connectivity index (χ2v) is 17.0. The van der Waals surface area contributed by atoms with E-state index in [0.717, 1.165) is 70.6 Å². The van der Waals surface area contributed by atoms with Gasteiger partial charge in [0.1, 0.15) is 6.61 Å². The van der Waals surface area contributed by atoms with Gasteiger partial charge in [-0.05, 0) is 77.0 Å². The van der Waals surface area contributed by atoms with Crippen LogP contribution in [0.2, 0.25) is 0 Å². The lowest BCUT2D eigenvalue weighted by atomic mass is 10.0. The Labute approximate surface area is 361 Å². The number of unbranched alkanes of at least 4 members (excludes halogenated alkanes) is 21. The third-order valence-corrected chi connectivity index (χ3v) is 10.9. The number of ether oxygens (including phenoxy) is 2. The molecule has 0 heterocycles. The molecule has 0 aromatic heterocycles. The molecule has 2 unspecified atom stereocenters. The summed E-state index contributed by atoms with van der Waals surface area (Å²) < 4.78 is 32.8. The second-order valence-electron chi connectivity index (χ2n) is 15.6. The van der Waals surface area contributed by atoms with Gasteiger partial charge in [0, 0.05) is 19.4 Å². The Morgan fingerprint density at radius 3 is 1.41 bits per heavy atom. The summed E-state index contributed by atoms with van der Waals surface area (Å²) in [6, 6.07) is 0. The SMILES string of the molecule is CCC=CCC=CCC=CCC=CCCCCCCC(=O)OC(COC(=O)CCCCCCCCCCCCCC=CCCCCCCCC)COP(=O)(O)OCCN. The van der Waals surface area contributed by atoms with E-state index in [1.54, 1.807) is 0 Å². The fraction of sp³-hybridized carbons (Fsp3) is 0.755. The molecule has 0 saturated heterocycles. The van der Waals surface area contributed by atoms with E-state index >= 15 is 0 Å². The molecule has 0 aromatic rings. The molecule has 0 saturated carbocycles. The summed E-state index contributed by atoms with van der Waals surface area (Å²) in [4.78, 5) is 35.0. The third-order valence-electron chi connectivity index (χ3n) is 9.89. The zero-order chi connectivity index (χ0) is 43.2. The first kappa shape index (κ1) is 56.7. The number of allylic oxidation sites excluding steroid dienone is 10. The highest BCUT2D eigenvalue weighted by Crippen LogP contribution is 2.43. The lowest BCUT2D eigenvalue weighted by molar-refractivity contribution is -0.161. The van der Waals surface area contributed by atoms with Crippen molar-refractivity contribution >= 4 is 19.8 Å². The molecule has 10 heteroatoms. The lowest BCUT2D eigenvalue weighted by Gasteiger charge is -2.19. The molecule has 342 valence electrons. The van der Waals surface area contributed by atoms with Crippen molar-refractivity contribution in [2.24, 2.45) is 5.73 Å². The molecule has 59 heavy (non-hydrogen) atoms. The first-order valence-corrected chi connectivity index (χ1v) is 25.3. The smallest absolute Gasteiger partial charge is 0.462 e. The predicted octanol–water partition coefficient (Wildman–Crippen LogP) is 14.1. The third kappa shape index (κ3) is 45.1. The number of phosphoric ester groups is 1. The molecular weight excluding hydrogens is 762 g/mol. The van der Waals surface area contributed by atoms with Crippen LogP contribution in [0.4, 0.5) is 0 Å².